The largest absolute Gasteiger partial charge is 0.457 e. The van der Waals surface area contributed by atoms with Gasteiger partial charge in [0, 0.05) is 59.9 Å². The number of rotatable bonds is 9. The van der Waals surface area contributed by atoms with Crippen LogP contribution in [0.1, 0.15) is 32.1 Å². The average molecular weight is 543 g/mol. The summed E-state index contributed by atoms with van der Waals surface area (Å²) in [5.74, 6) is -1.19. The number of ether oxygens (including phenoxy) is 1. The summed E-state index contributed by atoms with van der Waals surface area (Å²) in [6, 6.07) is 15.2. The van der Waals surface area contributed by atoms with Gasteiger partial charge in [0.1, 0.15) is 12.4 Å². The maximum Gasteiger partial charge on any atom is 0.338 e. The highest BCUT2D eigenvalue weighted by Gasteiger charge is 2.17. The van der Waals surface area contributed by atoms with Gasteiger partial charge in [0.05, 0.1) is 20.3 Å². The molecular weight excluding hydrogens is 526 g/mol. The van der Waals surface area contributed by atoms with Gasteiger partial charge in [-0.1, -0.05) is 0 Å². The number of esters is 1. The maximum absolute atomic E-state index is 13.1. The molecule has 14 nitrogen and oxygen atoms in total. The first-order valence-corrected chi connectivity index (χ1v) is 11.3. The topological polar surface area (TPSA) is 191 Å². The number of imidazole rings is 1. The molecular formula is C26H17N5O9. The lowest BCUT2D eigenvalue weighted by Gasteiger charge is -2.11. The molecule has 1 aromatic heterocycles. The SMILES string of the molecule is O=C(OC/C(=C\c1nccn1C(=O)c1ccc([N+](=O)[O-])cc1)c1ccc([N+](=O)[O-])cc1)c1ccc([N+](=O)[O-])cc1. The second-order valence-corrected chi connectivity index (χ2v) is 8.12. The van der Waals surface area contributed by atoms with Crippen molar-refractivity contribution >= 4 is 40.6 Å². The summed E-state index contributed by atoms with van der Waals surface area (Å²) in [7, 11) is 0. The number of nitro benzene ring substituents is 3. The van der Waals surface area contributed by atoms with E-state index >= 15 is 0 Å². The van der Waals surface area contributed by atoms with E-state index in [0.717, 1.165) is 12.1 Å². The minimum atomic E-state index is -0.784. The van der Waals surface area contributed by atoms with E-state index in [1.807, 2.05) is 0 Å². The Kier molecular flexibility index (Phi) is 7.80. The molecule has 0 amide bonds. The summed E-state index contributed by atoms with van der Waals surface area (Å²) >= 11 is 0. The van der Waals surface area contributed by atoms with Crippen molar-refractivity contribution in [1.29, 1.82) is 0 Å². The van der Waals surface area contributed by atoms with Gasteiger partial charge in [-0.15, -0.1) is 0 Å². The number of aromatic nitrogens is 2. The van der Waals surface area contributed by atoms with Gasteiger partial charge >= 0.3 is 5.97 Å². The normalized spacial score (nSPS) is 11.1. The fourth-order valence-corrected chi connectivity index (χ4v) is 3.57. The summed E-state index contributed by atoms with van der Waals surface area (Å²) in [4.78, 5) is 61.0. The van der Waals surface area contributed by atoms with Crippen LogP contribution in [-0.2, 0) is 4.74 Å². The van der Waals surface area contributed by atoms with Gasteiger partial charge in [-0.3, -0.25) is 39.7 Å². The van der Waals surface area contributed by atoms with E-state index < -0.39 is 26.6 Å². The number of hydrogen-bond donors (Lipinski definition) is 0. The number of non-ortho nitro benzene ring substituents is 3. The van der Waals surface area contributed by atoms with Crippen molar-refractivity contribution in [1.82, 2.24) is 9.55 Å². The van der Waals surface area contributed by atoms with E-state index in [1.54, 1.807) is 0 Å². The van der Waals surface area contributed by atoms with Gasteiger partial charge in [-0.05, 0) is 48.0 Å². The first-order chi connectivity index (χ1) is 19.1. The van der Waals surface area contributed by atoms with Crippen LogP contribution in [0.5, 0.6) is 0 Å². The van der Waals surface area contributed by atoms with E-state index in [1.165, 1.54) is 83.7 Å². The molecule has 0 aliphatic carbocycles. The van der Waals surface area contributed by atoms with E-state index in [4.69, 9.17) is 4.74 Å². The number of benzene rings is 3. The third-order valence-corrected chi connectivity index (χ3v) is 5.64. The lowest BCUT2D eigenvalue weighted by molar-refractivity contribution is -0.385. The maximum atomic E-state index is 13.1. The Morgan fingerprint density at radius 1 is 0.725 bits per heavy atom. The number of carbonyl (C=O) groups is 2. The molecule has 0 unspecified atom stereocenters. The monoisotopic (exact) mass is 543 g/mol. The molecule has 4 rings (SSSR count). The molecule has 200 valence electrons. The zero-order chi connectivity index (χ0) is 28.8. The summed E-state index contributed by atoms with van der Waals surface area (Å²) < 4.78 is 6.58. The van der Waals surface area contributed by atoms with Gasteiger partial charge in [-0.2, -0.15) is 0 Å². The molecule has 3 aromatic carbocycles. The predicted molar refractivity (Wildman–Crippen MR) is 139 cm³/mol. The van der Waals surface area contributed by atoms with Crippen molar-refractivity contribution in [3.63, 3.8) is 0 Å². The molecule has 0 aliphatic rings. The molecule has 0 radical (unpaired) electrons. The molecule has 0 atom stereocenters. The van der Waals surface area contributed by atoms with E-state index in [2.05, 4.69) is 4.98 Å². The zero-order valence-electron chi connectivity index (χ0n) is 20.3. The van der Waals surface area contributed by atoms with Gasteiger partial charge in [-0.25, -0.2) is 9.78 Å². The Labute approximate surface area is 224 Å². The van der Waals surface area contributed by atoms with Crippen LogP contribution < -0.4 is 0 Å². The van der Waals surface area contributed by atoms with Crippen molar-refractivity contribution in [2.45, 2.75) is 0 Å². The van der Waals surface area contributed by atoms with Crippen LogP contribution >= 0.6 is 0 Å². The lowest BCUT2D eigenvalue weighted by atomic mass is 10.1. The molecule has 0 saturated heterocycles. The lowest BCUT2D eigenvalue weighted by Crippen LogP contribution is -2.13. The summed E-state index contributed by atoms with van der Waals surface area (Å²) in [6.45, 7) is -0.341. The third kappa shape index (κ3) is 6.08. The summed E-state index contributed by atoms with van der Waals surface area (Å²) in [6.07, 6.45) is 4.19. The molecule has 4 aromatic rings. The van der Waals surface area contributed by atoms with Crippen molar-refractivity contribution in [2.24, 2.45) is 0 Å². The van der Waals surface area contributed by atoms with E-state index in [0.29, 0.717) is 11.1 Å². The van der Waals surface area contributed by atoms with Crippen LogP contribution in [0.15, 0.2) is 85.2 Å². The highest BCUT2D eigenvalue weighted by Crippen LogP contribution is 2.23. The number of carbonyl (C=O) groups excluding carboxylic acids is 2. The second-order valence-electron chi connectivity index (χ2n) is 8.12. The molecule has 0 saturated carbocycles. The van der Waals surface area contributed by atoms with Crippen LogP contribution in [-0.4, -0.2) is 42.8 Å². The molecule has 0 fully saturated rings. The van der Waals surface area contributed by atoms with Crippen LogP contribution in [0.25, 0.3) is 11.6 Å². The first-order valence-electron chi connectivity index (χ1n) is 11.3. The molecule has 0 bridgehead atoms. The fourth-order valence-electron chi connectivity index (χ4n) is 3.57. The second kappa shape index (κ2) is 11.6. The highest BCUT2D eigenvalue weighted by molar-refractivity contribution is 5.98. The standard InChI is InChI=1S/C26H17N5O9/c32-25(18-3-9-22(10-4-18)30(36)37)28-14-13-27-24(28)15-20(17-1-7-21(8-2-17)29(34)35)16-40-26(33)19-5-11-23(12-6-19)31(38)39/h1-15H,16H2/b20-15+. The van der Waals surface area contributed by atoms with Crippen molar-refractivity contribution in [3.05, 3.63) is 138 Å². The Morgan fingerprint density at radius 2 is 1.18 bits per heavy atom. The average Bonchev–Trinajstić information content (AvgIpc) is 3.43. The smallest absolute Gasteiger partial charge is 0.338 e. The summed E-state index contributed by atoms with van der Waals surface area (Å²) in [5.41, 5.74) is 0.419. The minimum absolute atomic E-state index is 0.0588. The molecule has 0 aliphatic heterocycles. The van der Waals surface area contributed by atoms with Gasteiger partial charge in [0.15, 0.2) is 0 Å². The van der Waals surface area contributed by atoms with Crippen molar-refractivity contribution in [3.8, 4) is 0 Å². The van der Waals surface area contributed by atoms with Crippen LogP contribution in [0.2, 0.25) is 0 Å². The Bertz CT molecular complexity index is 1640. The zero-order valence-corrected chi connectivity index (χ0v) is 20.3. The van der Waals surface area contributed by atoms with Crippen molar-refractivity contribution < 1.29 is 29.1 Å². The number of nitrogens with zero attached hydrogens (tertiary/aromatic N) is 5. The Morgan fingerprint density at radius 3 is 1.65 bits per heavy atom. The molecule has 1 heterocycles. The van der Waals surface area contributed by atoms with Gasteiger partial charge in [0.2, 0.25) is 0 Å². The minimum Gasteiger partial charge on any atom is -0.457 e. The van der Waals surface area contributed by atoms with E-state index in [-0.39, 0.29) is 40.6 Å². The van der Waals surface area contributed by atoms with Crippen molar-refractivity contribution in [2.75, 3.05) is 6.61 Å². The van der Waals surface area contributed by atoms with Gasteiger partial charge in [0.25, 0.3) is 23.0 Å². The van der Waals surface area contributed by atoms with E-state index in [9.17, 15) is 39.9 Å². The number of hydrogen-bond acceptors (Lipinski definition) is 10. The quantitative estimate of drug-likeness (QED) is 0.162. The van der Waals surface area contributed by atoms with Crippen LogP contribution in [0, 0.1) is 30.3 Å². The molecule has 0 spiro atoms. The van der Waals surface area contributed by atoms with Crippen LogP contribution in [0.3, 0.4) is 0 Å². The Balaban J connectivity index is 1.64. The molecule has 40 heavy (non-hydrogen) atoms. The summed E-state index contributed by atoms with van der Waals surface area (Å²) in [5, 5.41) is 32.9. The molecule has 14 heteroatoms. The Hall–Kier alpha value is -6.05. The third-order valence-electron chi connectivity index (χ3n) is 5.64. The fraction of sp³-hybridized carbons (Fsp3) is 0.0385. The first kappa shape index (κ1) is 27.0. The number of nitro groups is 3. The molecule has 0 N–H and O–H groups in total. The van der Waals surface area contributed by atoms with Crippen LogP contribution in [0.4, 0.5) is 17.1 Å². The van der Waals surface area contributed by atoms with Gasteiger partial charge < -0.3 is 4.74 Å². The highest BCUT2D eigenvalue weighted by atomic mass is 16.6. The predicted octanol–water partition coefficient (Wildman–Crippen LogP) is 4.69.